The molecule has 1 aliphatic rings. The summed E-state index contributed by atoms with van der Waals surface area (Å²) in [6.45, 7) is -0.0935. The van der Waals surface area contributed by atoms with Gasteiger partial charge in [0.25, 0.3) is 0 Å². The second-order valence-electron chi connectivity index (χ2n) is 5.58. The highest BCUT2D eigenvalue weighted by atomic mass is 32.1. The number of hydrogen-bond donors (Lipinski definition) is 2. The Morgan fingerprint density at radius 3 is 2.88 bits per heavy atom. The summed E-state index contributed by atoms with van der Waals surface area (Å²) in [6, 6.07) is 5.40. The van der Waals surface area contributed by atoms with Gasteiger partial charge >= 0.3 is 6.18 Å². The molecule has 0 radical (unpaired) electrons. The van der Waals surface area contributed by atoms with Crippen molar-refractivity contribution in [2.45, 2.75) is 25.1 Å². The quantitative estimate of drug-likeness (QED) is 0.795. The van der Waals surface area contributed by atoms with E-state index in [-0.39, 0.29) is 19.8 Å². The van der Waals surface area contributed by atoms with Crippen molar-refractivity contribution in [1.29, 1.82) is 0 Å². The number of nitrogens with one attached hydrogen (secondary N) is 1. The van der Waals surface area contributed by atoms with Gasteiger partial charge in [-0.1, -0.05) is 0 Å². The van der Waals surface area contributed by atoms with Gasteiger partial charge in [-0.05, 0) is 24.6 Å². The molecule has 1 aromatic heterocycles. The third-order valence-corrected chi connectivity index (χ3v) is 4.57. The Morgan fingerprint density at radius 2 is 2.12 bits per heavy atom. The first kappa shape index (κ1) is 18.5. The number of thiazole rings is 1. The van der Waals surface area contributed by atoms with E-state index in [1.54, 1.807) is 17.5 Å². The number of fused-ring (bicyclic) bond motifs is 1. The summed E-state index contributed by atoms with van der Waals surface area (Å²) < 4.78 is 47.1. The molecule has 2 aromatic rings. The number of carbonyl (C=O) groups is 1. The van der Waals surface area contributed by atoms with E-state index in [4.69, 9.17) is 14.6 Å². The molecule has 0 aliphatic carbocycles. The van der Waals surface area contributed by atoms with Crippen LogP contribution in [0.1, 0.15) is 12.1 Å². The van der Waals surface area contributed by atoms with E-state index >= 15 is 0 Å². The highest BCUT2D eigenvalue weighted by Crippen LogP contribution is 2.36. The number of carbonyl (C=O) groups excluding carboxylic acids is 1. The highest BCUT2D eigenvalue weighted by Gasteiger charge is 2.37. The molecule has 2 N–H and O–H groups in total. The van der Waals surface area contributed by atoms with Gasteiger partial charge in [-0.15, -0.1) is 11.3 Å². The molecule has 140 valence electrons. The lowest BCUT2D eigenvalue weighted by molar-refractivity contribution is -0.205. The number of hydrogen-bond acceptors (Lipinski definition) is 6. The lowest BCUT2D eigenvalue weighted by Gasteiger charge is -2.14. The number of alkyl halides is 3. The maximum atomic E-state index is 12.2. The summed E-state index contributed by atoms with van der Waals surface area (Å²) in [7, 11) is 0. The standard InChI is InChI=1S/C16H15F3N2O4S/c17-16(18,19)13(22)3-4-20-14(23)6-10-7-26-15(21-10)9-1-2-11-12(5-9)25-8-24-11/h1-2,5,7,13,22H,3-4,6,8H2,(H,20,23). The van der Waals surface area contributed by atoms with Crippen LogP contribution < -0.4 is 14.8 Å². The third kappa shape index (κ3) is 4.44. The first-order chi connectivity index (χ1) is 12.3. The zero-order valence-corrected chi connectivity index (χ0v) is 14.2. The molecule has 26 heavy (non-hydrogen) atoms. The summed E-state index contributed by atoms with van der Waals surface area (Å²) in [5, 5.41) is 13.6. The van der Waals surface area contributed by atoms with E-state index in [9.17, 15) is 18.0 Å². The molecule has 0 bridgehead atoms. The van der Waals surface area contributed by atoms with Crippen molar-refractivity contribution in [2.24, 2.45) is 0 Å². The van der Waals surface area contributed by atoms with Gasteiger partial charge in [-0.25, -0.2) is 4.98 Å². The van der Waals surface area contributed by atoms with E-state index < -0.39 is 24.6 Å². The van der Waals surface area contributed by atoms with Crippen LogP contribution in [0.2, 0.25) is 0 Å². The Bertz CT molecular complexity index is 794. The van der Waals surface area contributed by atoms with Crippen LogP contribution in [0.15, 0.2) is 23.6 Å². The van der Waals surface area contributed by atoms with Gasteiger partial charge in [0.1, 0.15) is 5.01 Å². The monoisotopic (exact) mass is 388 g/mol. The number of halogens is 3. The van der Waals surface area contributed by atoms with Gasteiger partial charge in [0.05, 0.1) is 12.1 Å². The molecule has 0 saturated carbocycles. The average molecular weight is 388 g/mol. The molecule has 1 aliphatic heterocycles. The van der Waals surface area contributed by atoms with Crippen molar-refractivity contribution in [3.8, 4) is 22.1 Å². The van der Waals surface area contributed by atoms with Crippen molar-refractivity contribution in [3.63, 3.8) is 0 Å². The molecular weight excluding hydrogens is 373 g/mol. The predicted octanol–water partition coefficient (Wildman–Crippen LogP) is 2.51. The van der Waals surface area contributed by atoms with Crippen molar-refractivity contribution < 1.29 is 32.5 Å². The SMILES string of the molecule is O=C(Cc1csc(-c2ccc3c(c2)OCO3)n1)NCCC(O)C(F)(F)F. The molecule has 1 atom stereocenters. The largest absolute Gasteiger partial charge is 0.454 e. The second-order valence-corrected chi connectivity index (χ2v) is 6.44. The minimum absolute atomic E-state index is 0.0524. The van der Waals surface area contributed by atoms with Gasteiger partial charge in [0, 0.05) is 17.5 Å². The Balaban J connectivity index is 1.53. The minimum atomic E-state index is -4.68. The van der Waals surface area contributed by atoms with Crippen LogP contribution in [0.5, 0.6) is 11.5 Å². The Kier molecular flexibility index (Phi) is 5.33. The molecular formula is C16H15F3N2O4S. The van der Waals surface area contributed by atoms with E-state index in [0.717, 1.165) is 5.56 Å². The van der Waals surface area contributed by atoms with Gasteiger partial charge in [0.2, 0.25) is 12.7 Å². The maximum Gasteiger partial charge on any atom is 0.414 e. The first-order valence-corrected chi connectivity index (χ1v) is 8.57. The van der Waals surface area contributed by atoms with Gasteiger partial charge in [-0.2, -0.15) is 13.2 Å². The lowest BCUT2D eigenvalue weighted by atomic mass is 10.2. The topological polar surface area (TPSA) is 80.7 Å². The number of aromatic nitrogens is 1. The summed E-state index contributed by atoms with van der Waals surface area (Å²) in [6.07, 6.45) is -7.77. The fourth-order valence-electron chi connectivity index (χ4n) is 2.29. The minimum Gasteiger partial charge on any atom is -0.454 e. The van der Waals surface area contributed by atoms with Gasteiger partial charge in [0.15, 0.2) is 17.6 Å². The zero-order valence-electron chi connectivity index (χ0n) is 13.4. The Morgan fingerprint density at radius 1 is 1.35 bits per heavy atom. The predicted molar refractivity (Wildman–Crippen MR) is 87.1 cm³/mol. The molecule has 0 fully saturated rings. The Hall–Kier alpha value is -2.33. The molecule has 1 unspecified atom stereocenters. The lowest BCUT2D eigenvalue weighted by Crippen LogP contribution is -2.34. The third-order valence-electron chi connectivity index (χ3n) is 3.63. The van der Waals surface area contributed by atoms with Crippen LogP contribution >= 0.6 is 11.3 Å². The molecule has 1 amide bonds. The van der Waals surface area contributed by atoms with Crippen molar-refractivity contribution >= 4 is 17.2 Å². The number of benzene rings is 1. The van der Waals surface area contributed by atoms with Crippen LogP contribution in [0, 0.1) is 0 Å². The molecule has 0 spiro atoms. The van der Waals surface area contributed by atoms with Crippen LogP contribution in [0.3, 0.4) is 0 Å². The molecule has 2 heterocycles. The summed E-state index contributed by atoms with van der Waals surface area (Å²) in [4.78, 5) is 16.2. The zero-order chi connectivity index (χ0) is 18.7. The van der Waals surface area contributed by atoms with E-state index in [2.05, 4.69) is 10.3 Å². The van der Waals surface area contributed by atoms with Gasteiger partial charge in [-0.3, -0.25) is 4.79 Å². The van der Waals surface area contributed by atoms with Crippen molar-refractivity contribution in [2.75, 3.05) is 13.3 Å². The Labute approximate surface area is 150 Å². The number of aliphatic hydroxyl groups excluding tert-OH is 1. The highest BCUT2D eigenvalue weighted by molar-refractivity contribution is 7.13. The smallest absolute Gasteiger partial charge is 0.414 e. The van der Waals surface area contributed by atoms with Crippen LogP contribution in [0.25, 0.3) is 10.6 Å². The van der Waals surface area contributed by atoms with E-state index in [1.807, 2.05) is 6.07 Å². The molecule has 1 aromatic carbocycles. The van der Waals surface area contributed by atoms with Crippen LogP contribution in [-0.4, -0.2) is 41.6 Å². The number of aliphatic hydroxyl groups is 1. The van der Waals surface area contributed by atoms with E-state index in [0.29, 0.717) is 22.2 Å². The summed E-state index contributed by atoms with van der Waals surface area (Å²) in [5.74, 6) is 0.827. The molecule has 3 rings (SSSR count). The van der Waals surface area contributed by atoms with Crippen molar-refractivity contribution in [3.05, 3.63) is 29.3 Å². The summed E-state index contributed by atoms with van der Waals surface area (Å²) >= 11 is 1.35. The molecule has 6 nitrogen and oxygen atoms in total. The fraction of sp³-hybridized carbons (Fsp3) is 0.375. The molecule has 10 heteroatoms. The number of amides is 1. The first-order valence-electron chi connectivity index (χ1n) is 7.69. The normalized spacial score (nSPS) is 14.3. The number of nitrogens with zero attached hydrogens (tertiary/aromatic N) is 1. The summed E-state index contributed by atoms with van der Waals surface area (Å²) in [5.41, 5.74) is 1.33. The van der Waals surface area contributed by atoms with Crippen LogP contribution in [-0.2, 0) is 11.2 Å². The van der Waals surface area contributed by atoms with E-state index in [1.165, 1.54) is 11.3 Å². The molecule has 0 saturated heterocycles. The average Bonchev–Trinajstić information content (AvgIpc) is 3.21. The fourth-order valence-corrected chi connectivity index (χ4v) is 3.11. The second kappa shape index (κ2) is 7.50. The van der Waals surface area contributed by atoms with Crippen LogP contribution in [0.4, 0.5) is 13.2 Å². The number of ether oxygens (including phenoxy) is 2. The van der Waals surface area contributed by atoms with Crippen molar-refractivity contribution in [1.82, 2.24) is 10.3 Å². The number of rotatable bonds is 6. The van der Waals surface area contributed by atoms with Gasteiger partial charge < -0.3 is 19.9 Å². The maximum absolute atomic E-state index is 12.2.